The summed E-state index contributed by atoms with van der Waals surface area (Å²) in [5.74, 6) is 2.42. The number of nitrogens with one attached hydrogen (secondary N) is 1. The number of hydrogen-bond acceptors (Lipinski definition) is 5. The highest BCUT2D eigenvalue weighted by Gasteiger charge is 2.41. The molecule has 0 spiro atoms. The van der Waals surface area contributed by atoms with Crippen LogP contribution in [0.2, 0.25) is 0 Å². The van der Waals surface area contributed by atoms with Crippen LogP contribution in [-0.2, 0) is 22.5 Å². The van der Waals surface area contributed by atoms with Gasteiger partial charge in [0.15, 0.2) is 0 Å². The summed E-state index contributed by atoms with van der Waals surface area (Å²) in [5.41, 5.74) is 0.710. The zero-order valence-corrected chi connectivity index (χ0v) is 15.1. The van der Waals surface area contributed by atoms with Gasteiger partial charge in [-0.2, -0.15) is 0 Å². The molecule has 0 unspecified atom stereocenters. The van der Waals surface area contributed by atoms with Crippen molar-refractivity contribution in [2.24, 2.45) is 5.92 Å². The minimum Gasteiger partial charge on any atom is -0.465 e. The van der Waals surface area contributed by atoms with E-state index in [1.54, 1.807) is 18.5 Å². The summed E-state index contributed by atoms with van der Waals surface area (Å²) in [6, 6.07) is 7.75. The first kappa shape index (κ1) is 17.2. The van der Waals surface area contributed by atoms with E-state index in [1.165, 1.54) is 0 Å². The first-order chi connectivity index (χ1) is 12.7. The highest BCUT2D eigenvalue weighted by molar-refractivity contribution is 5.94. The highest BCUT2D eigenvalue weighted by Crippen LogP contribution is 2.34. The summed E-state index contributed by atoms with van der Waals surface area (Å²) in [5, 5.41) is 2.90. The molecule has 2 aromatic rings. The van der Waals surface area contributed by atoms with Gasteiger partial charge in [0.2, 0.25) is 0 Å². The standard InChI is InChI=1S/C20H25N3O3/c1-2-16-5-6-17(25-16)12-23-9-7-14-10-18(26-19(14)13-23)20(24)22-15-4-3-8-21-11-15/h3-6,8,11,14,18-19H,2,7,9-10,12-13H2,1H3,(H,22,24)/t14-,18+,19-/m0/s1. The van der Waals surface area contributed by atoms with Crippen LogP contribution in [0.3, 0.4) is 0 Å². The third-order valence-electron chi connectivity index (χ3n) is 5.30. The van der Waals surface area contributed by atoms with Gasteiger partial charge in [-0.15, -0.1) is 0 Å². The predicted octanol–water partition coefficient (Wildman–Crippen LogP) is 2.86. The molecule has 4 rings (SSSR count). The Kier molecular flexibility index (Phi) is 5.04. The number of fused-ring (bicyclic) bond motifs is 1. The Morgan fingerprint density at radius 3 is 3.00 bits per heavy atom. The summed E-state index contributed by atoms with van der Waals surface area (Å²) in [6.07, 6.45) is 5.85. The van der Waals surface area contributed by atoms with Gasteiger partial charge in [0.1, 0.15) is 17.6 Å². The fourth-order valence-electron chi connectivity index (χ4n) is 3.88. The normalized spacial score (nSPS) is 25.8. The lowest BCUT2D eigenvalue weighted by Gasteiger charge is -2.33. The van der Waals surface area contributed by atoms with Crippen LogP contribution in [0, 0.1) is 5.92 Å². The van der Waals surface area contributed by atoms with Crippen LogP contribution in [0.5, 0.6) is 0 Å². The van der Waals surface area contributed by atoms with Crippen LogP contribution in [0.15, 0.2) is 41.1 Å². The maximum atomic E-state index is 12.5. The fraction of sp³-hybridized carbons (Fsp3) is 0.500. The summed E-state index contributed by atoms with van der Waals surface area (Å²) < 4.78 is 11.9. The number of pyridine rings is 1. The van der Waals surface area contributed by atoms with E-state index in [0.29, 0.717) is 11.6 Å². The van der Waals surface area contributed by atoms with Gasteiger partial charge >= 0.3 is 0 Å². The van der Waals surface area contributed by atoms with Crippen molar-refractivity contribution < 1.29 is 13.9 Å². The van der Waals surface area contributed by atoms with E-state index in [1.807, 2.05) is 12.1 Å². The molecule has 1 N–H and O–H groups in total. The molecule has 0 saturated carbocycles. The Morgan fingerprint density at radius 1 is 1.35 bits per heavy atom. The second-order valence-electron chi connectivity index (χ2n) is 7.14. The zero-order chi connectivity index (χ0) is 17.9. The molecule has 0 radical (unpaired) electrons. The molecule has 2 aromatic heterocycles. The Labute approximate surface area is 153 Å². The van der Waals surface area contributed by atoms with Crippen LogP contribution in [0.25, 0.3) is 0 Å². The molecular formula is C20H25N3O3. The predicted molar refractivity (Wildman–Crippen MR) is 97.6 cm³/mol. The van der Waals surface area contributed by atoms with Gasteiger partial charge in [-0.3, -0.25) is 14.7 Å². The summed E-state index contributed by atoms with van der Waals surface area (Å²) >= 11 is 0. The number of amides is 1. The Bertz CT molecular complexity index is 746. The molecule has 0 aliphatic carbocycles. The van der Waals surface area contributed by atoms with Crippen molar-refractivity contribution in [3.63, 3.8) is 0 Å². The first-order valence-corrected chi connectivity index (χ1v) is 9.37. The average Bonchev–Trinajstić information content (AvgIpc) is 3.29. The van der Waals surface area contributed by atoms with Gasteiger partial charge in [-0.25, -0.2) is 0 Å². The molecule has 2 fully saturated rings. The minimum atomic E-state index is -0.375. The van der Waals surface area contributed by atoms with Crippen molar-refractivity contribution in [1.82, 2.24) is 9.88 Å². The SMILES string of the molecule is CCc1ccc(CN2CC[C@H]3C[C@H](C(=O)Nc4cccnc4)O[C@H]3C2)o1. The number of rotatable bonds is 5. The van der Waals surface area contributed by atoms with Crippen molar-refractivity contribution in [1.29, 1.82) is 0 Å². The molecule has 26 heavy (non-hydrogen) atoms. The molecule has 2 saturated heterocycles. The van der Waals surface area contributed by atoms with Gasteiger partial charge in [-0.1, -0.05) is 6.92 Å². The number of aromatic nitrogens is 1. The van der Waals surface area contributed by atoms with Crippen LogP contribution < -0.4 is 5.32 Å². The fourth-order valence-corrected chi connectivity index (χ4v) is 3.88. The molecule has 0 bridgehead atoms. The van der Waals surface area contributed by atoms with Crippen molar-refractivity contribution >= 4 is 11.6 Å². The van der Waals surface area contributed by atoms with Gasteiger partial charge < -0.3 is 14.5 Å². The van der Waals surface area contributed by atoms with Gasteiger partial charge in [0.25, 0.3) is 5.91 Å². The summed E-state index contributed by atoms with van der Waals surface area (Å²) in [4.78, 5) is 18.9. The highest BCUT2D eigenvalue weighted by atomic mass is 16.5. The topological polar surface area (TPSA) is 67.6 Å². The Morgan fingerprint density at radius 2 is 2.23 bits per heavy atom. The molecule has 2 aliphatic heterocycles. The molecule has 6 nitrogen and oxygen atoms in total. The van der Waals surface area contributed by atoms with Crippen molar-refractivity contribution in [3.8, 4) is 0 Å². The second kappa shape index (κ2) is 7.60. The molecule has 4 heterocycles. The van der Waals surface area contributed by atoms with Gasteiger partial charge in [-0.05, 0) is 49.6 Å². The Balaban J connectivity index is 1.32. The smallest absolute Gasteiger partial charge is 0.253 e. The summed E-state index contributed by atoms with van der Waals surface area (Å²) in [7, 11) is 0. The molecule has 6 heteroatoms. The minimum absolute atomic E-state index is 0.0717. The molecule has 3 atom stereocenters. The lowest BCUT2D eigenvalue weighted by molar-refractivity contribution is -0.127. The number of ether oxygens (including phenoxy) is 1. The van der Waals surface area contributed by atoms with Gasteiger partial charge in [0, 0.05) is 19.2 Å². The third-order valence-corrected chi connectivity index (χ3v) is 5.30. The summed E-state index contributed by atoms with van der Waals surface area (Å²) in [6.45, 7) is 4.77. The number of nitrogens with zero attached hydrogens (tertiary/aromatic N) is 2. The largest absolute Gasteiger partial charge is 0.465 e. The molecular weight excluding hydrogens is 330 g/mol. The van der Waals surface area contributed by atoms with Crippen molar-refractivity contribution in [3.05, 3.63) is 48.2 Å². The number of anilines is 1. The van der Waals surface area contributed by atoms with E-state index in [2.05, 4.69) is 28.2 Å². The Hall–Kier alpha value is -2.18. The number of furan rings is 1. The molecule has 1 amide bonds. The maximum absolute atomic E-state index is 12.5. The lowest BCUT2D eigenvalue weighted by atomic mass is 9.91. The number of likely N-dealkylation sites (tertiary alicyclic amines) is 1. The average molecular weight is 355 g/mol. The molecule has 138 valence electrons. The van der Waals surface area contributed by atoms with E-state index < -0.39 is 0 Å². The zero-order valence-electron chi connectivity index (χ0n) is 15.1. The number of carbonyl (C=O) groups excluding carboxylic acids is 1. The number of aryl methyl sites for hydroxylation is 1. The lowest BCUT2D eigenvalue weighted by Crippen LogP contribution is -2.41. The van der Waals surface area contributed by atoms with Gasteiger partial charge in [0.05, 0.1) is 24.5 Å². The van der Waals surface area contributed by atoms with E-state index in [4.69, 9.17) is 9.15 Å². The van der Waals surface area contributed by atoms with Crippen LogP contribution in [-0.4, -0.2) is 41.1 Å². The van der Waals surface area contributed by atoms with E-state index in [9.17, 15) is 4.79 Å². The van der Waals surface area contributed by atoms with E-state index in [0.717, 1.165) is 50.4 Å². The van der Waals surface area contributed by atoms with Crippen LogP contribution in [0.4, 0.5) is 5.69 Å². The van der Waals surface area contributed by atoms with Crippen molar-refractivity contribution in [2.75, 3.05) is 18.4 Å². The molecule has 2 aliphatic rings. The quantitative estimate of drug-likeness (QED) is 0.893. The first-order valence-electron chi connectivity index (χ1n) is 9.37. The monoisotopic (exact) mass is 355 g/mol. The van der Waals surface area contributed by atoms with Crippen LogP contribution >= 0.6 is 0 Å². The molecule has 0 aromatic carbocycles. The maximum Gasteiger partial charge on any atom is 0.253 e. The van der Waals surface area contributed by atoms with E-state index >= 15 is 0 Å². The van der Waals surface area contributed by atoms with E-state index in [-0.39, 0.29) is 18.1 Å². The third kappa shape index (κ3) is 3.81. The number of hydrogen-bond donors (Lipinski definition) is 1. The number of piperidine rings is 1. The van der Waals surface area contributed by atoms with Crippen LogP contribution in [0.1, 0.15) is 31.3 Å². The van der Waals surface area contributed by atoms with Crippen molar-refractivity contribution in [2.45, 2.75) is 44.9 Å². The number of carbonyl (C=O) groups is 1. The second-order valence-corrected chi connectivity index (χ2v) is 7.14.